The Morgan fingerprint density at radius 3 is 2.89 bits per heavy atom. The summed E-state index contributed by atoms with van der Waals surface area (Å²) in [7, 11) is 0. The maximum Gasteiger partial charge on any atom is 0.248 e. The zero-order valence-corrected chi connectivity index (χ0v) is 12.1. The smallest absolute Gasteiger partial charge is 0.248 e. The van der Waals surface area contributed by atoms with Crippen molar-refractivity contribution in [3.63, 3.8) is 0 Å². The van der Waals surface area contributed by atoms with Crippen molar-refractivity contribution in [2.24, 2.45) is 0 Å². The molecule has 0 bridgehead atoms. The fourth-order valence-electron chi connectivity index (χ4n) is 1.60. The Morgan fingerprint density at radius 1 is 1.33 bits per heavy atom. The minimum atomic E-state index is 0.551. The molecule has 0 amide bonds. The highest BCUT2D eigenvalue weighted by Crippen LogP contribution is 2.27. The van der Waals surface area contributed by atoms with Crippen LogP contribution in [0.15, 0.2) is 27.1 Å². The van der Waals surface area contributed by atoms with Crippen LogP contribution in [0.3, 0.4) is 0 Å². The van der Waals surface area contributed by atoms with Gasteiger partial charge in [-0.25, -0.2) is 0 Å². The standard InChI is InChI=1S/C13H16BrN3O/c1-3-6-15-8-12-16-17-13(18-12)10-5-4-9(2)7-11(10)14/h4-5,7,15H,3,6,8H2,1-2H3. The maximum atomic E-state index is 5.62. The van der Waals surface area contributed by atoms with Crippen LogP contribution in [0.5, 0.6) is 0 Å². The summed E-state index contributed by atoms with van der Waals surface area (Å²) in [4.78, 5) is 0. The number of halogens is 1. The summed E-state index contributed by atoms with van der Waals surface area (Å²) in [6.07, 6.45) is 1.09. The Balaban J connectivity index is 2.13. The Labute approximate surface area is 115 Å². The van der Waals surface area contributed by atoms with E-state index in [1.165, 1.54) is 5.56 Å². The summed E-state index contributed by atoms with van der Waals surface area (Å²) in [6.45, 7) is 5.73. The molecule has 0 spiro atoms. The highest BCUT2D eigenvalue weighted by Gasteiger charge is 2.11. The second-order valence-electron chi connectivity index (χ2n) is 4.16. The third-order valence-electron chi connectivity index (χ3n) is 2.52. The third kappa shape index (κ3) is 3.17. The summed E-state index contributed by atoms with van der Waals surface area (Å²) in [5, 5.41) is 11.3. The number of nitrogens with zero attached hydrogens (tertiary/aromatic N) is 2. The average Bonchev–Trinajstić information content (AvgIpc) is 2.78. The first-order valence-corrected chi connectivity index (χ1v) is 6.79. The maximum absolute atomic E-state index is 5.62. The van der Waals surface area contributed by atoms with Crippen LogP contribution in [0, 0.1) is 6.92 Å². The minimum absolute atomic E-state index is 0.551. The molecule has 5 heteroatoms. The third-order valence-corrected chi connectivity index (χ3v) is 3.18. The van der Waals surface area contributed by atoms with E-state index in [1.54, 1.807) is 0 Å². The van der Waals surface area contributed by atoms with Gasteiger partial charge < -0.3 is 9.73 Å². The first-order valence-electron chi connectivity index (χ1n) is 6.00. The van der Waals surface area contributed by atoms with Crippen LogP contribution in [0.2, 0.25) is 0 Å². The SMILES string of the molecule is CCCNCc1nnc(-c2ccc(C)cc2Br)o1. The molecule has 0 atom stereocenters. The molecule has 0 unspecified atom stereocenters. The molecule has 0 radical (unpaired) electrons. The van der Waals surface area contributed by atoms with Gasteiger partial charge >= 0.3 is 0 Å². The summed E-state index contributed by atoms with van der Waals surface area (Å²) in [6, 6.07) is 6.05. The van der Waals surface area contributed by atoms with Crippen LogP contribution in [0.25, 0.3) is 11.5 Å². The molecule has 1 N–H and O–H groups in total. The van der Waals surface area contributed by atoms with Crippen molar-refractivity contribution >= 4 is 15.9 Å². The monoisotopic (exact) mass is 309 g/mol. The van der Waals surface area contributed by atoms with Crippen molar-refractivity contribution in [1.82, 2.24) is 15.5 Å². The van der Waals surface area contributed by atoms with Crippen LogP contribution in [0.1, 0.15) is 24.8 Å². The molecule has 2 rings (SSSR count). The highest BCUT2D eigenvalue weighted by molar-refractivity contribution is 9.10. The van der Waals surface area contributed by atoms with Gasteiger partial charge in [-0.05, 0) is 53.5 Å². The number of rotatable bonds is 5. The number of hydrogen-bond acceptors (Lipinski definition) is 4. The lowest BCUT2D eigenvalue weighted by molar-refractivity contribution is 0.477. The minimum Gasteiger partial charge on any atom is -0.419 e. The van der Waals surface area contributed by atoms with Crippen molar-refractivity contribution in [1.29, 1.82) is 0 Å². The predicted molar refractivity (Wildman–Crippen MR) is 74.2 cm³/mol. The molecule has 0 aliphatic heterocycles. The molecule has 1 aromatic heterocycles. The highest BCUT2D eigenvalue weighted by atomic mass is 79.9. The van der Waals surface area contributed by atoms with E-state index in [0.29, 0.717) is 18.3 Å². The van der Waals surface area contributed by atoms with Crippen LogP contribution in [-0.2, 0) is 6.54 Å². The van der Waals surface area contributed by atoms with Crippen LogP contribution in [0.4, 0.5) is 0 Å². The van der Waals surface area contributed by atoms with E-state index < -0.39 is 0 Å². The van der Waals surface area contributed by atoms with Gasteiger partial charge in [0.1, 0.15) is 0 Å². The molecule has 2 aromatic rings. The summed E-state index contributed by atoms with van der Waals surface area (Å²) < 4.78 is 6.59. The summed E-state index contributed by atoms with van der Waals surface area (Å²) in [5.74, 6) is 1.17. The normalized spacial score (nSPS) is 10.8. The van der Waals surface area contributed by atoms with Gasteiger partial charge in [0.25, 0.3) is 0 Å². The van der Waals surface area contributed by atoms with Crippen LogP contribution < -0.4 is 5.32 Å². The molecule has 1 aromatic carbocycles. The zero-order chi connectivity index (χ0) is 13.0. The van der Waals surface area contributed by atoms with E-state index in [0.717, 1.165) is 23.0 Å². The van der Waals surface area contributed by atoms with Crippen LogP contribution >= 0.6 is 15.9 Å². The molecule has 18 heavy (non-hydrogen) atoms. The Bertz CT molecular complexity index is 525. The molecule has 0 aliphatic rings. The fraction of sp³-hybridized carbons (Fsp3) is 0.385. The molecule has 0 saturated heterocycles. The number of benzene rings is 1. The molecule has 4 nitrogen and oxygen atoms in total. The van der Waals surface area contributed by atoms with Gasteiger partial charge in [-0.2, -0.15) is 0 Å². The molecular formula is C13H16BrN3O. The quantitative estimate of drug-likeness (QED) is 0.861. The fourth-order valence-corrected chi connectivity index (χ4v) is 2.26. The van der Waals surface area contributed by atoms with Gasteiger partial charge in [-0.1, -0.05) is 13.0 Å². The molecule has 0 saturated carbocycles. The van der Waals surface area contributed by atoms with E-state index in [1.807, 2.05) is 25.1 Å². The van der Waals surface area contributed by atoms with E-state index >= 15 is 0 Å². The summed E-state index contributed by atoms with van der Waals surface area (Å²) in [5.41, 5.74) is 2.12. The number of aryl methyl sites for hydroxylation is 1. The molecule has 0 aliphatic carbocycles. The lowest BCUT2D eigenvalue weighted by Gasteiger charge is -2.00. The Hall–Kier alpha value is -1.20. The zero-order valence-electron chi connectivity index (χ0n) is 10.5. The molecular weight excluding hydrogens is 294 g/mol. The first kappa shape index (κ1) is 13.2. The van der Waals surface area contributed by atoms with Gasteiger partial charge in [0.15, 0.2) is 0 Å². The first-order chi connectivity index (χ1) is 8.70. The van der Waals surface area contributed by atoms with Crippen molar-refractivity contribution < 1.29 is 4.42 Å². The lowest BCUT2D eigenvalue weighted by atomic mass is 10.1. The topological polar surface area (TPSA) is 51.0 Å². The van der Waals surface area contributed by atoms with Crippen molar-refractivity contribution in [3.05, 3.63) is 34.1 Å². The van der Waals surface area contributed by atoms with E-state index in [-0.39, 0.29) is 0 Å². The molecule has 96 valence electrons. The van der Waals surface area contributed by atoms with Gasteiger partial charge in [0.05, 0.1) is 12.1 Å². The van der Waals surface area contributed by atoms with Crippen molar-refractivity contribution in [2.45, 2.75) is 26.8 Å². The van der Waals surface area contributed by atoms with Crippen LogP contribution in [-0.4, -0.2) is 16.7 Å². The van der Waals surface area contributed by atoms with Gasteiger partial charge in [-0.3, -0.25) is 0 Å². The van der Waals surface area contributed by atoms with E-state index in [4.69, 9.17) is 4.42 Å². The Morgan fingerprint density at radius 2 is 2.17 bits per heavy atom. The van der Waals surface area contributed by atoms with Gasteiger partial charge in [0, 0.05) is 4.47 Å². The predicted octanol–water partition coefficient (Wildman–Crippen LogP) is 3.31. The number of nitrogens with one attached hydrogen (secondary N) is 1. The average molecular weight is 310 g/mol. The number of hydrogen-bond donors (Lipinski definition) is 1. The van der Waals surface area contributed by atoms with E-state index in [9.17, 15) is 0 Å². The van der Waals surface area contributed by atoms with Crippen molar-refractivity contribution in [3.8, 4) is 11.5 Å². The molecule has 1 heterocycles. The lowest BCUT2D eigenvalue weighted by Crippen LogP contribution is -2.13. The largest absolute Gasteiger partial charge is 0.419 e. The Kier molecular flexibility index (Phi) is 4.49. The second-order valence-corrected chi connectivity index (χ2v) is 5.02. The van der Waals surface area contributed by atoms with Crippen molar-refractivity contribution in [2.75, 3.05) is 6.54 Å². The second kappa shape index (κ2) is 6.11. The van der Waals surface area contributed by atoms with Gasteiger partial charge in [0.2, 0.25) is 11.8 Å². The number of aromatic nitrogens is 2. The van der Waals surface area contributed by atoms with Gasteiger partial charge in [-0.15, -0.1) is 10.2 Å². The molecule has 0 fully saturated rings. The summed E-state index contributed by atoms with van der Waals surface area (Å²) >= 11 is 3.51. The van der Waals surface area contributed by atoms with E-state index in [2.05, 4.69) is 38.4 Å².